The lowest BCUT2D eigenvalue weighted by molar-refractivity contribution is 0.0216. The van der Waals surface area contributed by atoms with E-state index >= 15 is 0 Å². The molecule has 0 amide bonds. The van der Waals surface area contributed by atoms with Crippen molar-refractivity contribution in [1.82, 2.24) is 0 Å². The first-order chi connectivity index (χ1) is 16.5. The van der Waals surface area contributed by atoms with Gasteiger partial charge in [0.05, 0.1) is 16.7 Å². The largest absolute Gasteiger partial charge is 0.504 e. The minimum atomic E-state index is -5.01. The van der Waals surface area contributed by atoms with Gasteiger partial charge in [-0.1, -0.05) is 18.2 Å². The van der Waals surface area contributed by atoms with E-state index in [0.29, 0.717) is 0 Å². The summed E-state index contributed by atoms with van der Waals surface area (Å²) in [5, 5.41) is 21.1. The lowest BCUT2D eigenvalue weighted by Gasteiger charge is -2.38. The number of rotatable bonds is 0. The van der Waals surface area contributed by atoms with Crippen LogP contribution in [-0.2, 0) is 31.1 Å². The summed E-state index contributed by atoms with van der Waals surface area (Å²) >= 11 is 0. The lowest BCUT2D eigenvalue weighted by Crippen LogP contribution is -2.35. The molecule has 1 atom stereocenters. The number of fused-ring (bicyclic) bond motifs is 6. The van der Waals surface area contributed by atoms with Crippen molar-refractivity contribution in [3.05, 3.63) is 58.7 Å². The Morgan fingerprint density at radius 1 is 0.686 bits per heavy atom. The molecule has 15 heteroatoms. The van der Waals surface area contributed by atoms with Crippen LogP contribution in [0, 0.1) is 0 Å². The van der Waals surface area contributed by atoms with Crippen molar-refractivity contribution in [3.8, 4) is 46.0 Å². The Morgan fingerprint density at radius 2 is 1.31 bits per heavy atom. The van der Waals surface area contributed by atoms with Gasteiger partial charge in [-0.25, -0.2) is 4.79 Å². The maximum absolute atomic E-state index is 13.0. The number of benzene rings is 3. The third-order valence-corrected chi connectivity index (χ3v) is 7.32. The quantitative estimate of drug-likeness (QED) is 0.409. The number of hydrogen-bond donors (Lipinski definition) is 2. The molecular formula is C20H8O13S2. The molecule has 2 N–H and O–H groups in total. The minimum Gasteiger partial charge on any atom is -0.504 e. The first-order valence-electron chi connectivity index (χ1n) is 9.61. The van der Waals surface area contributed by atoms with Gasteiger partial charge >= 0.3 is 26.8 Å². The zero-order valence-electron chi connectivity index (χ0n) is 16.7. The van der Waals surface area contributed by atoms with Crippen molar-refractivity contribution in [2.24, 2.45) is 0 Å². The molecule has 13 nitrogen and oxygen atoms in total. The van der Waals surface area contributed by atoms with E-state index in [9.17, 15) is 31.8 Å². The number of aromatic hydroxyl groups is 2. The van der Waals surface area contributed by atoms with E-state index in [1.54, 1.807) is 12.1 Å². The Hall–Kier alpha value is -4.37. The van der Waals surface area contributed by atoms with E-state index in [1.807, 2.05) is 0 Å². The Morgan fingerprint density at radius 3 is 2.06 bits per heavy atom. The SMILES string of the molecule is O=C1OC2(c3ccccc31)c1ccc(O)c3c1Oc1c(c(O)c4c(c12)OS(=O)(=O)O4)OS(=O)(=O)O3. The summed E-state index contributed by atoms with van der Waals surface area (Å²) in [7, 11) is -9.77. The van der Waals surface area contributed by atoms with Crippen molar-refractivity contribution in [1.29, 1.82) is 0 Å². The van der Waals surface area contributed by atoms with E-state index < -0.39 is 78.4 Å². The molecule has 1 unspecified atom stereocenters. The van der Waals surface area contributed by atoms with E-state index in [4.69, 9.17) is 26.2 Å². The molecular weight excluding hydrogens is 512 g/mol. The van der Waals surface area contributed by atoms with Gasteiger partial charge in [0.1, 0.15) is 0 Å². The number of carbonyl (C=O) groups excluding carboxylic acids is 1. The van der Waals surface area contributed by atoms with Crippen LogP contribution in [0.1, 0.15) is 27.0 Å². The van der Waals surface area contributed by atoms with Gasteiger partial charge in [0, 0.05) is 5.56 Å². The van der Waals surface area contributed by atoms with Crippen LogP contribution in [0.25, 0.3) is 0 Å². The summed E-state index contributed by atoms with van der Waals surface area (Å²) in [6, 6.07) is 8.46. The molecule has 3 aromatic rings. The van der Waals surface area contributed by atoms with E-state index in [-0.39, 0.29) is 22.3 Å². The maximum atomic E-state index is 13.0. The first-order valence-corrected chi connectivity index (χ1v) is 12.3. The van der Waals surface area contributed by atoms with Gasteiger partial charge in [-0.2, -0.15) is 0 Å². The third kappa shape index (κ3) is 2.33. The fourth-order valence-electron chi connectivity index (χ4n) is 4.59. The number of ether oxygens (including phenoxy) is 2. The molecule has 1 spiro atoms. The van der Waals surface area contributed by atoms with Gasteiger partial charge in [0.25, 0.3) is 0 Å². The second-order valence-electron chi connectivity index (χ2n) is 7.70. The molecule has 0 saturated heterocycles. The predicted molar refractivity (Wildman–Crippen MR) is 108 cm³/mol. The monoisotopic (exact) mass is 520 g/mol. The predicted octanol–water partition coefficient (Wildman–Crippen LogP) is 1.70. The lowest BCUT2D eigenvalue weighted by atomic mass is 9.76. The Labute approximate surface area is 195 Å². The van der Waals surface area contributed by atoms with Crippen LogP contribution < -0.4 is 21.5 Å². The van der Waals surface area contributed by atoms with Crippen LogP contribution in [0.4, 0.5) is 0 Å². The van der Waals surface area contributed by atoms with Gasteiger partial charge in [-0.15, -0.1) is 16.8 Å². The Kier molecular flexibility index (Phi) is 3.33. The molecule has 0 fully saturated rings. The third-order valence-electron chi connectivity index (χ3n) is 5.84. The zero-order chi connectivity index (χ0) is 24.5. The van der Waals surface area contributed by atoms with Crippen LogP contribution in [0.3, 0.4) is 0 Å². The second-order valence-corrected chi connectivity index (χ2v) is 10.00. The van der Waals surface area contributed by atoms with E-state index in [0.717, 1.165) is 6.07 Å². The van der Waals surface area contributed by atoms with Crippen LogP contribution in [0.15, 0.2) is 36.4 Å². The zero-order valence-corrected chi connectivity index (χ0v) is 18.3. The van der Waals surface area contributed by atoms with Crippen molar-refractivity contribution in [3.63, 3.8) is 0 Å². The van der Waals surface area contributed by atoms with Gasteiger partial charge < -0.3 is 36.4 Å². The molecule has 2 bridgehead atoms. The normalized spacial score (nSPS) is 22.7. The molecule has 4 heterocycles. The Bertz CT molecular complexity index is 1780. The summed E-state index contributed by atoms with van der Waals surface area (Å²) < 4.78 is 80.7. The number of phenols is 2. The summed E-state index contributed by atoms with van der Waals surface area (Å²) in [5.74, 6) is -6.59. The molecule has 4 aliphatic heterocycles. The number of phenolic OH excluding ortho intramolecular Hbond substituents is 2. The summed E-state index contributed by atoms with van der Waals surface area (Å²) in [6.07, 6.45) is 0. The highest BCUT2D eigenvalue weighted by Crippen LogP contribution is 2.69. The van der Waals surface area contributed by atoms with Crippen LogP contribution in [0.5, 0.6) is 46.0 Å². The fraction of sp³-hybridized carbons (Fsp3) is 0.0500. The molecule has 4 aliphatic rings. The summed E-state index contributed by atoms with van der Waals surface area (Å²) in [5.41, 5.74) is -2.09. The summed E-state index contributed by atoms with van der Waals surface area (Å²) in [6.45, 7) is 0. The van der Waals surface area contributed by atoms with Gasteiger partial charge in [0.15, 0.2) is 22.8 Å². The van der Waals surface area contributed by atoms with E-state index in [1.165, 1.54) is 18.2 Å². The topological polar surface area (TPSA) is 181 Å². The Balaban J connectivity index is 1.73. The van der Waals surface area contributed by atoms with Crippen LogP contribution >= 0.6 is 0 Å². The van der Waals surface area contributed by atoms with Crippen molar-refractivity contribution in [2.75, 3.05) is 0 Å². The van der Waals surface area contributed by atoms with Crippen molar-refractivity contribution >= 4 is 26.8 Å². The molecule has 0 aromatic heterocycles. The van der Waals surface area contributed by atoms with Crippen LogP contribution in [-0.4, -0.2) is 33.0 Å². The summed E-state index contributed by atoms with van der Waals surface area (Å²) in [4.78, 5) is 13.0. The minimum absolute atomic E-state index is 0.0417. The van der Waals surface area contributed by atoms with Gasteiger partial charge in [-0.3, -0.25) is 0 Å². The van der Waals surface area contributed by atoms with Crippen molar-refractivity contribution in [2.45, 2.75) is 5.60 Å². The molecule has 178 valence electrons. The van der Waals surface area contributed by atoms with Crippen molar-refractivity contribution < 1.29 is 58.0 Å². The smallest absolute Gasteiger partial charge is 0.501 e. The highest BCUT2D eigenvalue weighted by atomic mass is 32.3. The number of hydrogen-bond acceptors (Lipinski definition) is 13. The highest BCUT2D eigenvalue weighted by molar-refractivity contribution is 7.83. The fourth-order valence-corrected chi connectivity index (χ4v) is 6.11. The highest BCUT2D eigenvalue weighted by Gasteiger charge is 2.60. The molecule has 0 radical (unpaired) electrons. The molecule has 0 saturated carbocycles. The molecule has 7 rings (SSSR count). The standard InChI is InChI=1S/C20H8O13S2/c21-10-6-5-9-13-14(10)30-34(24,25)32-17-12(22)18-16(31-35(26,27)33-18)11(15(17)28-13)20(9)8-4-2-1-3-7(8)19(23)29-20/h1-6,21-22H. The first kappa shape index (κ1) is 20.0. The maximum Gasteiger partial charge on any atom is 0.501 e. The molecule has 0 aliphatic carbocycles. The molecule has 35 heavy (non-hydrogen) atoms. The van der Waals surface area contributed by atoms with Gasteiger partial charge in [-0.05, 0) is 18.2 Å². The van der Waals surface area contributed by atoms with E-state index in [2.05, 4.69) is 0 Å². The average molecular weight is 520 g/mol. The average Bonchev–Trinajstić information content (AvgIpc) is 3.26. The number of esters is 1. The number of carbonyl (C=O) groups is 1. The van der Waals surface area contributed by atoms with Gasteiger partial charge in [0.2, 0.25) is 28.7 Å². The van der Waals surface area contributed by atoms with Crippen LogP contribution in [0.2, 0.25) is 0 Å². The second kappa shape index (κ2) is 5.81. The molecule has 3 aromatic carbocycles.